The Morgan fingerprint density at radius 3 is 2.85 bits per heavy atom. The Bertz CT molecular complexity index is 431. The first-order valence-electron chi connectivity index (χ1n) is 4.30. The van der Waals surface area contributed by atoms with E-state index in [9.17, 15) is 0 Å². The molecule has 2 rings (SSSR count). The summed E-state index contributed by atoms with van der Waals surface area (Å²) in [6, 6.07) is 6.22. The number of halogens is 1. The zero-order chi connectivity index (χ0) is 9.42. The molecule has 0 spiro atoms. The monoisotopic (exact) mass is 194 g/mol. The van der Waals surface area contributed by atoms with Gasteiger partial charge in [0, 0.05) is 11.1 Å². The van der Waals surface area contributed by atoms with Gasteiger partial charge in [-0.3, -0.25) is 0 Å². The molecule has 1 aromatic carbocycles. The van der Waals surface area contributed by atoms with Gasteiger partial charge in [-0.15, -0.1) is 0 Å². The van der Waals surface area contributed by atoms with Crippen molar-refractivity contribution in [3.8, 4) is 0 Å². The predicted molar refractivity (Wildman–Crippen MR) is 55.1 cm³/mol. The number of nitrogens with zero attached hydrogens (tertiary/aromatic N) is 2. The maximum Gasteiger partial charge on any atom is 0.0960 e. The van der Waals surface area contributed by atoms with Crippen molar-refractivity contribution in [3.63, 3.8) is 0 Å². The van der Waals surface area contributed by atoms with Gasteiger partial charge in [-0.25, -0.2) is 4.98 Å². The van der Waals surface area contributed by atoms with E-state index in [4.69, 9.17) is 11.6 Å². The van der Waals surface area contributed by atoms with E-state index in [1.807, 2.05) is 24.5 Å². The number of hydrogen-bond donors (Lipinski definition) is 0. The summed E-state index contributed by atoms with van der Waals surface area (Å²) in [5, 5.41) is 0.738. The van der Waals surface area contributed by atoms with Crippen LogP contribution in [0.3, 0.4) is 0 Å². The van der Waals surface area contributed by atoms with E-state index in [0.29, 0.717) is 6.04 Å². The summed E-state index contributed by atoms with van der Waals surface area (Å²) in [4.78, 5) is 4.28. The number of imidazole rings is 1. The summed E-state index contributed by atoms with van der Waals surface area (Å²) >= 11 is 5.86. The van der Waals surface area contributed by atoms with Crippen molar-refractivity contribution in [2.75, 3.05) is 0 Å². The van der Waals surface area contributed by atoms with Crippen molar-refractivity contribution in [2.45, 2.75) is 19.9 Å². The molecule has 0 aliphatic carbocycles. The molecule has 1 aromatic heterocycles. The molecule has 0 saturated carbocycles. The number of aromatic nitrogens is 2. The van der Waals surface area contributed by atoms with Gasteiger partial charge in [-0.05, 0) is 32.0 Å². The lowest BCUT2D eigenvalue weighted by Crippen LogP contribution is -1.97. The third kappa shape index (κ3) is 1.42. The molecule has 0 amide bonds. The van der Waals surface area contributed by atoms with Crippen LogP contribution >= 0.6 is 11.6 Å². The minimum absolute atomic E-state index is 0.436. The smallest absolute Gasteiger partial charge is 0.0960 e. The molecule has 0 unspecified atom stereocenters. The highest BCUT2D eigenvalue weighted by molar-refractivity contribution is 6.31. The van der Waals surface area contributed by atoms with Crippen molar-refractivity contribution < 1.29 is 0 Å². The fraction of sp³-hybridized carbons (Fsp3) is 0.300. The maximum atomic E-state index is 5.86. The van der Waals surface area contributed by atoms with Crippen molar-refractivity contribution in [2.24, 2.45) is 0 Å². The average molecular weight is 195 g/mol. The topological polar surface area (TPSA) is 17.8 Å². The normalized spacial score (nSPS) is 11.4. The molecule has 0 fully saturated rings. The van der Waals surface area contributed by atoms with E-state index < -0.39 is 0 Å². The first-order chi connectivity index (χ1) is 6.18. The van der Waals surface area contributed by atoms with E-state index in [1.165, 1.54) is 0 Å². The molecule has 2 aromatic rings. The third-order valence-corrected chi connectivity index (χ3v) is 2.33. The van der Waals surface area contributed by atoms with Gasteiger partial charge in [0.25, 0.3) is 0 Å². The highest BCUT2D eigenvalue weighted by Crippen LogP contribution is 2.20. The van der Waals surface area contributed by atoms with Gasteiger partial charge in [0.2, 0.25) is 0 Å². The maximum absolute atomic E-state index is 5.86. The molecule has 2 nitrogen and oxygen atoms in total. The van der Waals surface area contributed by atoms with Gasteiger partial charge in [0.15, 0.2) is 0 Å². The number of hydrogen-bond acceptors (Lipinski definition) is 1. The average Bonchev–Trinajstić information content (AvgIpc) is 2.46. The Morgan fingerprint density at radius 1 is 1.38 bits per heavy atom. The molecule has 0 radical (unpaired) electrons. The summed E-state index contributed by atoms with van der Waals surface area (Å²) < 4.78 is 2.13. The van der Waals surface area contributed by atoms with Gasteiger partial charge < -0.3 is 4.57 Å². The summed E-state index contributed by atoms with van der Waals surface area (Å²) in [5.74, 6) is 0. The first-order valence-corrected chi connectivity index (χ1v) is 4.68. The van der Waals surface area contributed by atoms with Crippen molar-refractivity contribution in [1.29, 1.82) is 0 Å². The van der Waals surface area contributed by atoms with Crippen LogP contribution < -0.4 is 0 Å². The van der Waals surface area contributed by atoms with E-state index >= 15 is 0 Å². The zero-order valence-corrected chi connectivity index (χ0v) is 8.42. The van der Waals surface area contributed by atoms with Crippen LogP contribution in [0.5, 0.6) is 0 Å². The fourth-order valence-corrected chi connectivity index (χ4v) is 1.58. The Labute approximate surface area is 82.1 Å². The van der Waals surface area contributed by atoms with Gasteiger partial charge >= 0.3 is 0 Å². The molecule has 68 valence electrons. The summed E-state index contributed by atoms with van der Waals surface area (Å²) in [5.41, 5.74) is 2.10. The molecular formula is C10H11ClN2. The van der Waals surface area contributed by atoms with Gasteiger partial charge in [0.05, 0.1) is 17.4 Å². The first kappa shape index (κ1) is 8.57. The lowest BCUT2D eigenvalue weighted by atomic mass is 10.3. The SMILES string of the molecule is CC(C)n1cnc2cc(Cl)ccc21. The van der Waals surface area contributed by atoms with Crippen LogP contribution in [0.15, 0.2) is 24.5 Å². The molecule has 0 aliphatic heterocycles. The van der Waals surface area contributed by atoms with Gasteiger partial charge in [-0.2, -0.15) is 0 Å². The van der Waals surface area contributed by atoms with Crippen molar-refractivity contribution in [1.82, 2.24) is 9.55 Å². The molecule has 13 heavy (non-hydrogen) atoms. The molecular weight excluding hydrogens is 184 g/mol. The molecule has 0 N–H and O–H groups in total. The van der Waals surface area contributed by atoms with Crippen LogP contribution in [0.4, 0.5) is 0 Å². The Balaban J connectivity index is 2.69. The summed E-state index contributed by atoms with van der Waals surface area (Å²) in [7, 11) is 0. The zero-order valence-electron chi connectivity index (χ0n) is 7.66. The van der Waals surface area contributed by atoms with Crippen LogP contribution in [-0.4, -0.2) is 9.55 Å². The number of rotatable bonds is 1. The minimum Gasteiger partial charge on any atom is -0.328 e. The number of fused-ring (bicyclic) bond motifs is 1. The second kappa shape index (κ2) is 3.04. The second-order valence-corrected chi connectivity index (χ2v) is 3.82. The summed E-state index contributed by atoms with van der Waals surface area (Å²) in [6.45, 7) is 4.27. The molecule has 0 aliphatic rings. The van der Waals surface area contributed by atoms with E-state index in [0.717, 1.165) is 16.1 Å². The van der Waals surface area contributed by atoms with Gasteiger partial charge in [0.1, 0.15) is 0 Å². The highest BCUT2D eigenvalue weighted by Gasteiger charge is 2.04. The standard InChI is InChI=1S/C10H11ClN2/c1-7(2)13-6-12-9-5-8(11)3-4-10(9)13/h3-7H,1-2H3. The number of benzene rings is 1. The second-order valence-electron chi connectivity index (χ2n) is 3.38. The van der Waals surface area contributed by atoms with Crippen molar-refractivity contribution >= 4 is 22.6 Å². The van der Waals surface area contributed by atoms with Crippen LogP contribution in [-0.2, 0) is 0 Å². The third-order valence-electron chi connectivity index (χ3n) is 2.09. The quantitative estimate of drug-likeness (QED) is 0.682. The minimum atomic E-state index is 0.436. The van der Waals surface area contributed by atoms with Gasteiger partial charge in [-0.1, -0.05) is 11.6 Å². The molecule has 1 heterocycles. The Hall–Kier alpha value is -1.02. The Morgan fingerprint density at radius 2 is 2.15 bits per heavy atom. The van der Waals surface area contributed by atoms with Crippen LogP contribution in [0.25, 0.3) is 11.0 Å². The van der Waals surface area contributed by atoms with Crippen LogP contribution in [0, 0.1) is 0 Å². The molecule has 0 saturated heterocycles. The van der Waals surface area contributed by atoms with E-state index in [-0.39, 0.29) is 0 Å². The van der Waals surface area contributed by atoms with Crippen molar-refractivity contribution in [3.05, 3.63) is 29.5 Å². The lowest BCUT2D eigenvalue weighted by molar-refractivity contribution is 0.617. The van der Waals surface area contributed by atoms with E-state index in [1.54, 1.807) is 0 Å². The lowest BCUT2D eigenvalue weighted by Gasteiger charge is -2.07. The predicted octanol–water partition coefficient (Wildman–Crippen LogP) is 3.27. The molecule has 0 bridgehead atoms. The highest BCUT2D eigenvalue weighted by atomic mass is 35.5. The van der Waals surface area contributed by atoms with Crippen LogP contribution in [0.1, 0.15) is 19.9 Å². The Kier molecular flexibility index (Phi) is 2.00. The fourth-order valence-electron chi connectivity index (χ4n) is 1.42. The summed E-state index contributed by atoms with van der Waals surface area (Å²) in [6.07, 6.45) is 1.85. The molecule has 3 heteroatoms. The largest absolute Gasteiger partial charge is 0.328 e. The van der Waals surface area contributed by atoms with Crippen LogP contribution in [0.2, 0.25) is 5.02 Å². The van der Waals surface area contributed by atoms with E-state index in [2.05, 4.69) is 23.4 Å². The molecule has 0 atom stereocenters.